The van der Waals surface area contributed by atoms with Crippen molar-refractivity contribution in [2.75, 3.05) is 6.61 Å². The fourth-order valence-corrected chi connectivity index (χ4v) is 0.372. The minimum Gasteiger partial charge on any atom is -0.463 e. The summed E-state index contributed by atoms with van der Waals surface area (Å²) in [5.74, 6) is -0.641. The van der Waals surface area contributed by atoms with E-state index in [9.17, 15) is 9.59 Å². The molecule has 0 aromatic rings. The van der Waals surface area contributed by atoms with Crippen molar-refractivity contribution in [3.05, 3.63) is 25.0 Å². The number of hydrogen-bond acceptors (Lipinski definition) is 4. The van der Waals surface area contributed by atoms with E-state index in [1.54, 1.807) is 13.8 Å². The molecule has 0 radical (unpaired) electrons. The summed E-state index contributed by atoms with van der Waals surface area (Å²) in [6, 6.07) is 0. The van der Waals surface area contributed by atoms with Gasteiger partial charge in [-0.15, -0.1) is 0 Å². The quantitative estimate of drug-likeness (QED) is 0.401. The minimum absolute atomic E-state index is 0. The predicted octanol–water partition coefficient (Wildman–Crippen LogP) is 0.994. The van der Waals surface area contributed by atoms with Gasteiger partial charge in [-0.25, -0.2) is 4.79 Å². The van der Waals surface area contributed by atoms with Crippen molar-refractivity contribution in [3.8, 4) is 0 Å². The third-order valence-corrected chi connectivity index (χ3v) is 0.873. The number of rotatable bonds is 3. The highest BCUT2D eigenvalue weighted by Crippen LogP contribution is 1.89. The van der Waals surface area contributed by atoms with Crippen molar-refractivity contribution in [2.24, 2.45) is 0 Å². The Kier molecular flexibility index (Phi) is 15.7. The van der Waals surface area contributed by atoms with E-state index in [1.807, 2.05) is 0 Å². The predicted molar refractivity (Wildman–Crippen MR) is 57.0 cm³/mol. The molecule has 0 spiro atoms. The lowest BCUT2D eigenvalue weighted by molar-refractivity contribution is -0.138. The van der Waals surface area contributed by atoms with E-state index in [0.717, 1.165) is 6.26 Å². The zero-order valence-electron chi connectivity index (χ0n) is 9.33. The van der Waals surface area contributed by atoms with Gasteiger partial charge in [0.1, 0.15) is 0 Å². The summed E-state index contributed by atoms with van der Waals surface area (Å²) in [5.41, 5.74) is 0.451. The average molecular weight is 218 g/mol. The number of ether oxygens (including phenoxy) is 2. The van der Waals surface area contributed by atoms with Gasteiger partial charge in [-0.05, 0) is 13.8 Å². The first-order chi connectivity index (χ1) is 6.45. The minimum atomic E-state index is -0.329. The molecule has 0 rings (SSSR count). The number of hydrogen-bond donors (Lipinski definition) is 0. The van der Waals surface area contributed by atoms with Crippen LogP contribution in [0, 0.1) is 0 Å². The summed E-state index contributed by atoms with van der Waals surface area (Å²) >= 11 is 0. The van der Waals surface area contributed by atoms with Crippen molar-refractivity contribution in [1.29, 1.82) is 0 Å². The highest BCUT2D eigenvalue weighted by Gasteiger charge is 1.98. The molecule has 0 atom stereocenters. The molecule has 0 fully saturated rings. The van der Waals surface area contributed by atoms with Gasteiger partial charge in [-0.2, -0.15) is 0 Å². The fourth-order valence-electron chi connectivity index (χ4n) is 0.372. The van der Waals surface area contributed by atoms with Crippen LogP contribution in [-0.4, -0.2) is 24.0 Å². The summed E-state index contributed by atoms with van der Waals surface area (Å²) in [6.45, 7) is 11.7. The Labute approximate surface area is 89.7 Å². The van der Waals surface area contributed by atoms with E-state index >= 15 is 0 Å². The molecular weight excluding hydrogens is 200 g/mol. The second kappa shape index (κ2) is 12.4. The molecule has 5 nitrogen and oxygen atoms in total. The Morgan fingerprint density at radius 3 is 1.87 bits per heavy atom. The summed E-state index contributed by atoms with van der Waals surface area (Å²) in [5, 5.41) is 0. The van der Waals surface area contributed by atoms with Crippen LogP contribution in [0.15, 0.2) is 25.0 Å². The second-order valence-corrected chi connectivity index (χ2v) is 2.28. The Balaban J connectivity index is -0.000000187. The third-order valence-electron chi connectivity index (χ3n) is 0.873. The molecule has 15 heavy (non-hydrogen) atoms. The van der Waals surface area contributed by atoms with Crippen molar-refractivity contribution in [3.63, 3.8) is 0 Å². The summed E-state index contributed by atoms with van der Waals surface area (Å²) in [7, 11) is 0. The zero-order valence-corrected chi connectivity index (χ0v) is 9.33. The van der Waals surface area contributed by atoms with E-state index in [4.69, 9.17) is 0 Å². The smallest absolute Gasteiger partial charge is 0.333 e. The lowest BCUT2D eigenvalue weighted by Gasteiger charge is -1.96. The largest absolute Gasteiger partial charge is 0.463 e. The standard InChI is InChI=1S/C6H10O2.C4H6O2.H2O/c1-4-8-6(7)5(2)3;1-3-6-4(2)5;/h2,4H2,1,3H3;3H,1H2,2H3;1H2. The van der Waals surface area contributed by atoms with Crippen LogP contribution in [0.5, 0.6) is 0 Å². The maximum Gasteiger partial charge on any atom is 0.333 e. The number of esters is 2. The van der Waals surface area contributed by atoms with Crippen LogP contribution >= 0.6 is 0 Å². The molecule has 0 aromatic heterocycles. The molecule has 0 heterocycles. The van der Waals surface area contributed by atoms with Gasteiger partial charge in [-0.1, -0.05) is 13.2 Å². The van der Waals surface area contributed by atoms with E-state index in [-0.39, 0.29) is 17.4 Å². The summed E-state index contributed by atoms with van der Waals surface area (Å²) in [6.07, 6.45) is 1.10. The number of carbonyl (C=O) groups is 2. The van der Waals surface area contributed by atoms with Crippen LogP contribution in [0.1, 0.15) is 20.8 Å². The molecule has 0 amide bonds. The molecule has 0 aliphatic carbocycles. The maximum absolute atomic E-state index is 10.4. The molecule has 2 N–H and O–H groups in total. The van der Waals surface area contributed by atoms with Gasteiger partial charge in [0.05, 0.1) is 12.9 Å². The van der Waals surface area contributed by atoms with Gasteiger partial charge in [0.2, 0.25) is 0 Å². The maximum atomic E-state index is 10.4. The Bertz CT molecular complexity index is 220. The van der Waals surface area contributed by atoms with Gasteiger partial charge in [0, 0.05) is 12.5 Å². The topological polar surface area (TPSA) is 84.1 Å². The molecular formula is C10H18O5. The van der Waals surface area contributed by atoms with Crippen molar-refractivity contribution < 1.29 is 24.5 Å². The Morgan fingerprint density at radius 2 is 1.80 bits per heavy atom. The molecule has 0 unspecified atom stereocenters. The average Bonchev–Trinajstić information content (AvgIpc) is 2.05. The monoisotopic (exact) mass is 218 g/mol. The summed E-state index contributed by atoms with van der Waals surface area (Å²) in [4.78, 5) is 20.2. The normalized spacial score (nSPS) is 7.13. The zero-order chi connectivity index (χ0) is 11.6. The van der Waals surface area contributed by atoms with E-state index < -0.39 is 0 Å². The molecule has 0 aromatic carbocycles. The second-order valence-electron chi connectivity index (χ2n) is 2.28. The molecule has 0 aliphatic rings. The van der Waals surface area contributed by atoms with E-state index in [1.165, 1.54) is 6.92 Å². The van der Waals surface area contributed by atoms with E-state index in [0.29, 0.717) is 12.2 Å². The van der Waals surface area contributed by atoms with Gasteiger partial charge >= 0.3 is 11.9 Å². The van der Waals surface area contributed by atoms with Gasteiger partial charge in [0.15, 0.2) is 0 Å². The molecule has 0 saturated carbocycles. The lowest BCUT2D eigenvalue weighted by atomic mass is 10.4. The molecule has 88 valence electrons. The molecule has 0 aliphatic heterocycles. The molecule has 5 heteroatoms. The lowest BCUT2D eigenvalue weighted by Crippen LogP contribution is -2.03. The first-order valence-corrected chi connectivity index (χ1v) is 4.06. The van der Waals surface area contributed by atoms with Gasteiger partial charge in [-0.3, -0.25) is 4.79 Å². The van der Waals surface area contributed by atoms with Crippen LogP contribution in [0.25, 0.3) is 0 Å². The van der Waals surface area contributed by atoms with Crippen molar-refractivity contribution in [2.45, 2.75) is 20.8 Å². The summed E-state index contributed by atoms with van der Waals surface area (Å²) < 4.78 is 8.73. The Hall–Kier alpha value is -1.62. The first kappa shape index (κ1) is 19.0. The fraction of sp³-hybridized carbons (Fsp3) is 0.400. The van der Waals surface area contributed by atoms with Crippen molar-refractivity contribution in [1.82, 2.24) is 0 Å². The van der Waals surface area contributed by atoms with Crippen LogP contribution in [0.3, 0.4) is 0 Å². The third kappa shape index (κ3) is 19.0. The molecule has 0 saturated heterocycles. The van der Waals surface area contributed by atoms with Crippen LogP contribution in [0.2, 0.25) is 0 Å². The SMILES string of the molecule is C=C(C)C(=O)OCC.C=COC(C)=O.O. The highest BCUT2D eigenvalue weighted by molar-refractivity contribution is 5.86. The number of carbonyl (C=O) groups excluding carboxylic acids is 2. The van der Waals surface area contributed by atoms with Crippen molar-refractivity contribution >= 4 is 11.9 Å². The molecule has 0 bridgehead atoms. The van der Waals surface area contributed by atoms with Crippen LogP contribution < -0.4 is 0 Å². The van der Waals surface area contributed by atoms with Gasteiger partial charge in [0.25, 0.3) is 0 Å². The highest BCUT2D eigenvalue weighted by atomic mass is 16.5. The Morgan fingerprint density at radius 1 is 1.33 bits per heavy atom. The van der Waals surface area contributed by atoms with Gasteiger partial charge < -0.3 is 14.9 Å². The van der Waals surface area contributed by atoms with Crippen LogP contribution in [0.4, 0.5) is 0 Å². The van der Waals surface area contributed by atoms with E-state index in [2.05, 4.69) is 22.6 Å². The van der Waals surface area contributed by atoms with Crippen LogP contribution in [-0.2, 0) is 19.1 Å². The first-order valence-electron chi connectivity index (χ1n) is 4.06.